The maximum atomic E-state index is 13.1. The summed E-state index contributed by atoms with van der Waals surface area (Å²) in [7, 11) is 0. The molecule has 58 heteroatoms. The van der Waals surface area contributed by atoms with Crippen molar-refractivity contribution in [2.75, 3.05) is 72.7 Å². The molecule has 128 heavy (non-hydrogen) atoms. The summed E-state index contributed by atoms with van der Waals surface area (Å²) in [5, 5.41) is 372. The molecule has 0 aromatic rings. The summed E-state index contributed by atoms with van der Waals surface area (Å²) in [6.45, 7) is -10.6. The fourth-order valence-corrected chi connectivity index (χ4v) is 16.5. The molecule has 11 heterocycles. The van der Waals surface area contributed by atoms with Crippen LogP contribution in [0.2, 0.25) is 0 Å². The van der Waals surface area contributed by atoms with E-state index in [0.717, 1.165) is 13.8 Å². The number of ether oxygens (including phenoxy) is 21. The number of carbonyl (C=O) groups excluding carboxylic acids is 2. The minimum absolute atomic E-state index is 0.817. The predicted octanol–water partition coefficient (Wildman–Crippen LogP) is -24.7. The van der Waals surface area contributed by atoms with Gasteiger partial charge < -0.3 is 279 Å². The Hall–Kier alpha value is -3.22. The third-order valence-electron chi connectivity index (χ3n) is 23.8. The lowest BCUT2D eigenvalue weighted by Gasteiger charge is -2.51. The third-order valence-corrected chi connectivity index (χ3v) is 23.8. The van der Waals surface area contributed by atoms with E-state index in [4.69, 9.17) is 99.5 Å². The van der Waals surface area contributed by atoms with Crippen LogP contribution in [0.5, 0.6) is 0 Å². The number of rotatable bonds is 33. The van der Waals surface area contributed by atoms with Gasteiger partial charge in [0.05, 0.1) is 72.7 Å². The first-order chi connectivity index (χ1) is 60.7. The van der Waals surface area contributed by atoms with Crippen molar-refractivity contribution in [3.8, 4) is 0 Å². The van der Waals surface area contributed by atoms with Gasteiger partial charge in [0.15, 0.2) is 69.2 Å². The molecule has 0 aliphatic carbocycles. The molecule has 11 aliphatic heterocycles. The molecule has 35 N–H and O–H groups in total. The first-order valence-electron chi connectivity index (χ1n) is 40.7. The first-order valence-corrected chi connectivity index (χ1v) is 40.7. The quantitative estimate of drug-likeness (QED) is 0.0290. The number of carbonyl (C=O) groups is 2. The van der Waals surface area contributed by atoms with Gasteiger partial charge in [-0.15, -0.1) is 0 Å². The van der Waals surface area contributed by atoms with Crippen LogP contribution in [-0.4, -0.2) is 591 Å². The van der Waals surface area contributed by atoms with Crippen molar-refractivity contribution < 1.29 is 278 Å². The van der Waals surface area contributed by atoms with E-state index in [-0.39, 0.29) is 0 Å². The van der Waals surface area contributed by atoms with Gasteiger partial charge in [-0.25, -0.2) is 0 Å². The molecule has 0 aromatic heterocycles. The molecule has 58 nitrogen and oxygen atoms in total. The maximum Gasteiger partial charge on any atom is 0.217 e. The second-order valence-corrected chi connectivity index (χ2v) is 32.3. The minimum Gasteiger partial charge on any atom is -0.394 e. The Labute approximate surface area is 722 Å². The van der Waals surface area contributed by atoms with E-state index in [1.807, 2.05) is 0 Å². The second kappa shape index (κ2) is 45.8. The topological polar surface area (TPSA) is 920 Å². The van der Waals surface area contributed by atoms with Crippen molar-refractivity contribution >= 4 is 11.8 Å². The lowest BCUT2D eigenvalue weighted by atomic mass is 9.94. The summed E-state index contributed by atoms with van der Waals surface area (Å²) >= 11 is 0. The van der Waals surface area contributed by atoms with Crippen LogP contribution in [0.1, 0.15) is 13.8 Å². The van der Waals surface area contributed by atoms with Crippen molar-refractivity contribution in [1.82, 2.24) is 10.6 Å². The predicted molar refractivity (Wildman–Crippen MR) is 386 cm³/mol. The van der Waals surface area contributed by atoms with Gasteiger partial charge in [0, 0.05) is 13.8 Å². The monoisotopic (exact) mass is 1880 g/mol. The fourth-order valence-electron chi connectivity index (χ4n) is 16.5. The van der Waals surface area contributed by atoms with Crippen molar-refractivity contribution in [3.63, 3.8) is 0 Å². The van der Waals surface area contributed by atoms with Gasteiger partial charge in [-0.2, -0.15) is 0 Å². The summed E-state index contributed by atoms with van der Waals surface area (Å²) in [6.07, 6.45) is -116. The van der Waals surface area contributed by atoms with Crippen LogP contribution in [0.4, 0.5) is 0 Å². The van der Waals surface area contributed by atoms with Gasteiger partial charge in [-0.05, 0) is 0 Å². The zero-order valence-corrected chi connectivity index (χ0v) is 67.7. The van der Waals surface area contributed by atoms with Crippen molar-refractivity contribution in [2.24, 2.45) is 0 Å². The molecular formula is C70H118N2O56. The first kappa shape index (κ1) is 105. The number of nitrogens with one attached hydrogen (secondary N) is 2. The highest BCUT2D eigenvalue weighted by molar-refractivity contribution is 5.73. The molecule has 11 aliphatic rings. The normalized spacial score (nSPS) is 51.7. The number of hydrogen-bond donors (Lipinski definition) is 35. The number of aliphatic hydroxyl groups excluding tert-OH is 33. The standard InChI is InChI=1S/C70H118N2O56/c1-14(82)71-27-38(93)52(23(10-80)110-60(27)107)121-61-28(72-15(2)83)39(94)53(24(11-81)118-61)122-68-51(106)57(37(92)26(120-68)13-109-63-48(103)56(124-65-47(102)42(97)31(86)18(5-75)113-65)36(91)25(119-63)12-108-62-45(100)40(95)29(84)16(3-73)111-62)126-69-59(44(99)33(88)19(6-76)116-69)128-70-58(43(98)32(87)20(7-77)117-70)127-67-50(105)55(35(90)22(9-79)115-67)125-66-49(104)54(34(89)21(8-78)114-66)123-64-46(101)41(96)30(85)17(4-74)112-64/h16-70,73-81,84-107H,3-13H2,1-2H3,(H,71,82)(H,72,83)/t16-,17-,18-,19-,20-,21-,22-,23-,24-,25-,26-,27-,28-,29-,30+,31-,32-,33-,34+,35-,36-,37-,38-,39-,40+,41+,42+,43+,44+,45+,46-,47+,48+,49-,50+,51+,52-,53-,54+,55+,56+,57+,58+,59+,60-,61+,62+,63-,64+,65-,66+,67-,68-,69-,70-/m1/s1. The maximum absolute atomic E-state index is 13.1. The van der Waals surface area contributed by atoms with E-state index >= 15 is 0 Å². The summed E-state index contributed by atoms with van der Waals surface area (Å²) < 4.78 is 123. The van der Waals surface area contributed by atoms with E-state index < -0.39 is 422 Å². The van der Waals surface area contributed by atoms with E-state index in [0.29, 0.717) is 0 Å². The molecule has 2 amide bonds. The smallest absolute Gasteiger partial charge is 0.217 e. The van der Waals surface area contributed by atoms with E-state index in [1.165, 1.54) is 0 Å². The molecule has 0 saturated carbocycles. The fraction of sp³-hybridized carbons (Fsp3) is 0.971. The third kappa shape index (κ3) is 22.5. The number of amides is 2. The lowest BCUT2D eigenvalue weighted by molar-refractivity contribution is -0.412. The molecule has 55 atom stereocenters. The Morgan fingerprint density at radius 1 is 0.203 bits per heavy atom. The summed E-state index contributed by atoms with van der Waals surface area (Å²) in [5.74, 6) is -1.80. The summed E-state index contributed by atoms with van der Waals surface area (Å²) in [6, 6.07) is -3.68. The molecule has 0 unspecified atom stereocenters. The van der Waals surface area contributed by atoms with Crippen LogP contribution in [0, 0.1) is 0 Å². The molecule has 0 radical (unpaired) electrons. The van der Waals surface area contributed by atoms with Gasteiger partial charge in [0.2, 0.25) is 11.8 Å². The van der Waals surface area contributed by atoms with Crippen LogP contribution >= 0.6 is 0 Å². The second-order valence-electron chi connectivity index (χ2n) is 32.3. The molecular weight excluding hydrogens is 1760 g/mol. The Bertz CT molecular complexity index is 3380. The Kier molecular flexibility index (Phi) is 37.7. The number of aliphatic hydroxyl groups is 33. The Balaban J connectivity index is 0.912. The van der Waals surface area contributed by atoms with Crippen LogP contribution in [0.15, 0.2) is 0 Å². The van der Waals surface area contributed by atoms with Crippen LogP contribution in [0.25, 0.3) is 0 Å². The van der Waals surface area contributed by atoms with Gasteiger partial charge >= 0.3 is 0 Å². The van der Waals surface area contributed by atoms with Crippen LogP contribution < -0.4 is 10.6 Å². The molecule has 11 saturated heterocycles. The van der Waals surface area contributed by atoms with Crippen molar-refractivity contribution in [3.05, 3.63) is 0 Å². The SMILES string of the molecule is CC(=O)N[C@@H]1[C@@H](O)[C@H](O[C@@H]2O[C@H](CO)[C@@H](O[C@H]3O[C@H](CO[C@@H]4O[C@H](CO[C@H]5O[C@H](CO)[C@@H](O)[C@H](O)[C@@H]5O)[C@@H](O)[C@H](O[C@H]5O[C@H](CO)[C@@H](O)[C@H](O)[C@@H]5O)[C@@H]4O)[C@@H](O)[C@H](O[C@H]4O[C@H](CO)[C@@H](O)[C@H](O)[C@@H]4O[C@H]4O[C@H](CO)[C@@H](O)[C@H](O)[C@@H]4O[C@H]4O[C@H](CO)[C@@H](O)[C@H](O[C@@H]5O[C@H](CO)[C@H](O)[C@H](O[C@@H]6O[C@H](CO)[C@H](O)[C@H](O)[C@H]6O)[C@H]5O)[C@@H]4O)[C@@H]3O)[C@H](O)[C@H]2NC(C)=O)[C@@H](CO)O[C@H]1O. The van der Waals surface area contributed by atoms with E-state index in [9.17, 15) is 178 Å². The van der Waals surface area contributed by atoms with E-state index in [1.54, 1.807) is 0 Å². The largest absolute Gasteiger partial charge is 0.394 e. The molecule has 11 fully saturated rings. The number of hydrogen-bond acceptors (Lipinski definition) is 56. The Morgan fingerprint density at radius 2 is 0.422 bits per heavy atom. The van der Waals surface area contributed by atoms with Gasteiger partial charge in [-0.1, -0.05) is 0 Å². The average molecular weight is 1880 g/mol. The molecule has 0 spiro atoms. The van der Waals surface area contributed by atoms with Crippen molar-refractivity contribution in [1.29, 1.82) is 0 Å². The average Bonchev–Trinajstić information content (AvgIpc) is 0.752. The van der Waals surface area contributed by atoms with Gasteiger partial charge in [-0.3, -0.25) is 9.59 Å². The van der Waals surface area contributed by atoms with Crippen LogP contribution in [0.3, 0.4) is 0 Å². The lowest BCUT2D eigenvalue weighted by Crippen LogP contribution is -2.70. The summed E-state index contributed by atoms with van der Waals surface area (Å²) in [4.78, 5) is 25.3. The highest BCUT2D eigenvalue weighted by Crippen LogP contribution is 2.42. The van der Waals surface area contributed by atoms with Gasteiger partial charge in [0.25, 0.3) is 0 Å². The summed E-state index contributed by atoms with van der Waals surface area (Å²) in [5.41, 5.74) is 0. The highest BCUT2D eigenvalue weighted by atomic mass is 16.8. The van der Waals surface area contributed by atoms with E-state index in [2.05, 4.69) is 10.6 Å². The molecule has 0 bridgehead atoms. The zero-order valence-electron chi connectivity index (χ0n) is 67.7. The molecule has 11 rings (SSSR count). The minimum atomic E-state index is -2.68. The zero-order chi connectivity index (χ0) is 94.0. The molecule has 0 aromatic carbocycles. The molecule has 744 valence electrons. The van der Waals surface area contributed by atoms with Crippen LogP contribution in [-0.2, 0) is 109 Å². The Morgan fingerprint density at radius 3 is 0.781 bits per heavy atom. The van der Waals surface area contributed by atoms with Gasteiger partial charge in [0.1, 0.15) is 268 Å². The van der Waals surface area contributed by atoms with Crippen molar-refractivity contribution in [2.45, 2.75) is 351 Å². The highest BCUT2D eigenvalue weighted by Gasteiger charge is 2.63.